The SMILES string of the molecule is CNc1nc2c(F)c(F)c(F)cc2s1. The van der Waals surface area contributed by atoms with E-state index in [0.29, 0.717) is 5.13 Å². The maximum absolute atomic E-state index is 13.1. The van der Waals surface area contributed by atoms with Crippen molar-refractivity contribution in [1.82, 2.24) is 4.98 Å². The van der Waals surface area contributed by atoms with E-state index in [1.165, 1.54) is 0 Å². The number of fused-ring (bicyclic) bond motifs is 1. The predicted octanol–water partition coefficient (Wildman–Crippen LogP) is 2.76. The van der Waals surface area contributed by atoms with E-state index in [9.17, 15) is 13.2 Å². The van der Waals surface area contributed by atoms with Crippen LogP contribution in [-0.4, -0.2) is 12.0 Å². The minimum absolute atomic E-state index is 0.141. The Balaban J connectivity index is 2.81. The molecule has 6 heteroatoms. The molecule has 0 unspecified atom stereocenters. The number of rotatable bonds is 1. The van der Waals surface area contributed by atoms with Gasteiger partial charge in [-0.25, -0.2) is 18.2 Å². The molecular weight excluding hydrogens is 213 g/mol. The average molecular weight is 218 g/mol. The van der Waals surface area contributed by atoms with Crippen LogP contribution in [0.15, 0.2) is 6.07 Å². The number of nitrogens with one attached hydrogen (secondary N) is 1. The number of anilines is 1. The second-order valence-electron chi connectivity index (χ2n) is 2.60. The Morgan fingerprint density at radius 2 is 2.00 bits per heavy atom. The standard InChI is InChI=1S/C8H5F3N2S/c1-12-8-13-7-4(14-8)2-3(9)5(10)6(7)11/h2H,1H3,(H,12,13). The summed E-state index contributed by atoms with van der Waals surface area (Å²) >= 11 is 1.07. The second kappa shape index (κ2) is 3.13. The van der Waals surface area contributed by atoms with Crippen molar-refractivity contribution >= 4 is 26.7 Å². The van der Waals surface area contributed by atoms with Crippen LogP contribution in [0.2, 0.25) is 0 Å². The van der Waals surface area contributed by atoms with Crippen LogP contribution >= 0.6 is 11.3 Å². The third kappa shape index (κ3) is 1.22. The molecule has 0 saturated heterocycles. The maximum Gasteiger partial charge on any atom is 0.196 e. The van der Waals surface area contributed by atoms with Crippen LogP contribution < -0.4 is 5.32 Å². The number of thiazole rings is 1. The van der Waals surface area contributed by atoms with Crippen LogP contribution in [0.4, 0.5) is 18.3 Å². The minimum atomic E-state index is -1.48. The zero-order chi connectivity index (χ0) is 10.3. The van der Waals surface area contributed by atoms with E-state index >= 15 is 0 Å². The second-order valence-corrected chi connectivity index (χ2v) is 3.63. The van der Waals surface area contributed by atoms with Gasteiger partial charge in [-0.2, -0.15) is 0 Å². The van der Waals surface area contributed by atoms with Gasteiger partial charge in [0, 0.05) is 7.05 Å². The summed E-state index contributed by atoms with van der Waals surface area (Å²) in [4.78, 5) is 3.76. The zero-order valence-corrected chi connectivity index (χ0v) is 7.88. The number of hydrogen-bond donors (Lipinski definition) is 1. The zero-order valence-electron chi connectivity index (χ0n) is 7.07. The quantitative estimate of drug-likeness (QED) is 0.744. The summed E-state index contributed by atoms with van der Waals surface area (Å²) in [5, 5.41) is 3.10. The number of benzene rings is 1. The molecule has 0 aliphatic carbocycles. The molecule has 0 atom stereocenters. The van der Waals surface area contributed by atoms with Crippen LogP contribution in [0, 0.1) is 17.5 Å². The van der Waals surface area contributed by atoms with Gasteiger partial charge in [-0.1, -0.05) is 11.3 Å². The molecule has 1 aromatic heterocycles. The fraction of sp³-hybridized carbons (Fsp3) is 0.125. The highest BCUT2D eigenvalue weighted by Crippen LogP contribution is 2.29. The van der Waals surface area contributed by atoms with Crippen molar-refractivity contribution in [2.24, 2.45) is 0 Å². The van der Waals surface area contributed by atoms with Gasteiger partial charge in [-0.3, -0.25) is 0 Å². The molecule has 74 valence electrons. The summed E-state index contributed by atoms with van der Waals surface area (Å²) in [7, 11) is 1.60. The van der Waals surface area contributed by atoms with E-state index < -0.39 is 17.5 Å². The van der Waals surface area contributed by atoms with Crippen LogP contribution in [0.5, 0.6) is 0 Å². The lowest BCUT2D eigenvalue weighted by molar-refractivity contribution is 0.453. The Bertz CT molecular complexity index is 495. The molecule has 2 nitrogen and oxygen atoms in total. The van der Waals surface area contributed by atoms with Gasteiger partial charge >= 0.3 is 0 Å². The molecule has 2 aromatic rings. The van der Waals surface area contributed by atoms with Crippen molar-refractivity contribution in [2.75, 3.05) is 12.4 Å². The Labute approximate surface area is 81.4 Å². The van der Waals surface area contributed by atoms with Crippen molar-refractivity contribution in [3.05, 3.63) is 23.5 Å². The molecule has 0 radical (unpaired) electrons. The Kier molecular flexibility index (Phi) is 2.07. The monoisotopic (exact) mass is 218 g/mol. The summed E-state index contributed by atoms with van der Waals surface area (Å²) < 4.78 is 38.9. The fourth-order valence-corrected chi connectivity index (χ4v) is 1.92. The molecule has 1 aromatic carbocycles. The largest absolute Gasteiger partial charge is 0.365 e. The van der Waals surface area contributed by atoms with Gasteiger partial charge in [0.2, 0.25) is 0 Å². The summed E-state index contributed by atoms with van der Waals surface area (Å²) in [6, 6.07) is 0.937. The molecule has 0 bridgehead atoms. The number of nitrogens with zero attached hydrogens (tertiary/aromatic N) is 1. The number of halogens is 3. The summed E-state index contributed by atoms with van der Waals surface area (Å²) in [6.07, 6.45) is 0. The first-order valence-electron chi connectivity index (χ1n) is 3.75. The molecule has 1 N–H and O–H groups in total. The maximum atomic E-state index is 13.1. The van der Waals surface area contributed by atoms with Crippen molar-refractivity contribution in [1.29, 1.82) is 0 Å². The Morgan fingerprint density at radius 3 is 2.64 bits per heavy atom. The normalized spacial score (nSPS) is 10.9. The third-order valence-electron chi connectivity index (χ3n) is 1.74. The average Bonchev–Trinajstić information content (AvgIpc) is 2.57. The topological polar surface area (TPSA) is 24.9 Å². The summed E-state index contributed by atoms with van der Waals surface area (Å²) in [6.45, 7) is 0. The molecule has 0 saturated carbocycles. The van der Waals surface area contributed by atoms with Crippen molar-refractivity contribution in [2.45, 2.75) is 0 Å². The first-order chi connectivity index (χ1) is 6.63. The summed E-state index contributed by atoms with van der Waals surface area (Å²) in [5.41, 5.74) is -0.141. The van der Waals surface area contributed by atoms with Crippen LogP contribution in [0.3, 0.4) is 0 Å². The Morgan fingerprint density at radius 1 is 1.29 bits per heavy atom. The fourth-order valence-electron chi connectivity index (χ4n) is 1.08. The van der Waals surface area contributed by atoms with E-state index in [4.69, 9.17) is 0 Å². The summed E-state index contributed by atoms with van der Waals surface area (Å²) in [5.74, 6) is -3.91. The third-order valence-corrected chi connectivity index (χ3v) is 2.76. The van der Waals surface area contributed by atoms with Crippen molar-refractivity contribution < 1.29 is 13.2 Å². The van der Waals surface area contributed by atoms with Crippen LogP contribution in [0.1, 0.15) is 0 Å². The van der Waals surface area contributed by atoms with E-state index in [1.807, 2.05) is 0 Å². The first kappa shape index (κ1) is 9.26. The molecule has 2 rings (SSSR count). The van der Waals surface area contributed by atoms with Crippen LogP contribution in [-0.2, 0) is 0 Å². The van der Waals surface area contributed by atoms with Gasteiger partial charge in [0.05, 0.1) is 4.70 Å². The van der Waals surface area contributed by atoms with Gasteiger partial charge in [-0.05, 0) is 6.07 Å². The minimum Gasteiger partial charge on any atom is -0.365 e. The number of hydrogen-bond acceptors (Lipinski definition) is 3. The van der Waals surface area contributed by atoms with Gasteiger partial charge < -0.3 is 5.32 Å². The highest BCUT2D eigenvalue weighted by Gasteiger charge is 2.16. The lowest BCUT2D eigenvalue weighted by atomic mass is 10.3. The molecular formula is C8H5F3N2S. The molecule has 14 heavy (non-hydrogen) atoms. The smallest absolute Gasteiger partial charge is 0.196 e. The Hall–Kier alpha value is -1.30. The predicted molar refractivity (Wildman–Crippen MR) is 49.0 cm³/mol. The molecule has 0 amide bonds. The van der Waals surface area contributed by atoms with Gasteiger partial charge in [-0.15, -0.1) is 0 Å². The van der Waals surface area contributed by atoms with Gasteiger partial charge in [0.25, 0.3) is 0 Å². The van der Waals surface area contributed by atoms with E-state index in [2.05, 4.69) is 10.3 Å². The van der Waals surface area contributed by atoms with E-state index in [-0.39, 0.29) is 10.2 Å². The molecule has 0 spiro atoms. The molecule has 0 fully saturated rings. The molecule has 0 aliphatic rings. The highest BCUT2D eigenvalue weighted by atomic mass is 32.1. The van der Waals surface area contributed by atoms with Crippen molar-refractivity contribution in [3.63, 3.8) is 0 Å². The lowest BCUT2D eigenvalue weighted by Gasteiger charge is -1.94. The highest BCUT2D eigenvalue weighted by molar-refractivity contribution is 7.22. The van der Waals surface area contributed by atoms with Gasteiger partial charge in [0.1, 0.15) is 5.52 Å². The van der Waals surface area contributed by atoms with E-state index in [0.717, 1.165) is 17.4 Å². The lowest BCUT2D eigenvalue weighted by Crippen LogP contribution is -1.91. The first-order valence-corrected chi connectivity index (χ1v) is 4.57. The van der Waals surface area contributed by atoms with Crippen LogP contribution in [0.25, 0.3) is 10.2 Å². The van der Waals surface area contributed by atoms with Gasteiger partial charge in [0.15, 0.2) is 22.6 Å². The van der Waals surface area contributed by atoms with Crippen molar-refractivity contribution in [3.8, 4) is 0 Å². The molecule has 1 heterocycles. The van der Waals surface area contributed by atoms with E-state index in [1.54, 1.807) is 7.05 Å². The number of aromatic nitrogens is 1. The molecule has 0 aliphatic heterocycles.